The molecule has 0 aliphatic rings. The molecule has 1 amide bonds. The van der Waals surface area contributed by atoms with Crippen LogP contribution in [0.3, 0.4) is 0 Å². The quantitative estimate of drug-likeness (QED) is 0.551. The van der Waals surface area contributed by atoms with Crippen LogP contribution >= 0.6 is 15.9 Å². The Bertz CT molecular complexity index is 448. The van der Waals surface area contributed by atoms with Crippen molar-refractivity contribution >= 4 is 21.8 Å². The van der Waals surface area contributed by atoms with Crippen LogP contribution in [0.1, 0.15) is 35.2 Å². The van der Waals surface area contributed by atoms with E-state index < -0.39 is 11.7 Å². The van der Waals surface area contributed by atoms with Crippen LogP contribution in [0.2, 0.25) is 0 Å². The fourth-order valence-electron chi connectivity index (χ4n) is 1.77. The minimum Gasteiger partial charge on any atom is -0.342 e. The van der Waals surface area contributed by atoms with Crippen molar-refractivity contribution in [2.24, 2.45) is 0 Å². The van der Waals surface area contributed by atoms with Crippen LogP contribution in [0.4, 0.5) is 13.2 Å². The second kappa shape index (κ2) is 7.67. The summed E-state index contributed by atoms with van der Waals surface area (Å²) in [6.45, 7) is 0.544. The van der Waals surface area contributed by atoms with Crippen molar-refractivity contribution in [1.29, 1.82) is 0 Å². The summed E-state index contributed by atoms with van der Waals surface area (Å²) >= 11 is 3.32. The van der Waals surface area contributed by atoms with E-state index in [2.05, 4.69) is 15.9 Å². The highest BCUT2D eigenvalue weighted by atomic mass is 79.9. The molecule has 0 atom stereocenters. The molecule has 0 bridgehead atoms. The van der Waals surface area contributed by atoms with E-state index in [4.69, 9.17) is 0 Å². The van der Waals surface area contributed by atoms with Crippen molar-refractivity contribution < 1.29 is 18.0 Å². The van der Waals surface area contributed by atoms with Gasteiger partial charge in [0.25, 0.3) is 5.91 Å². The first kappa shape index (κ1) is 17.0. The molecule has 112 valence electrons. The second-order valence-electron chi connectivity index (χ2n) is 4.55. The zero-order valence-electron chi connectivity index (χ0n) is 11.2. The molecule has 0 saturated heterocycles. The van der Waals surface area contributed by atoms with Gasteiger partial charge in [-0.25, -0.2) is 0 Å². The Balaban J connectivity index is 2.67. The number of unbranched alkanes of at least 4 members (excludes halogenated alkanes) is 2. The summed E-state index contributed by atoms with van der Waals surface area (Å²) in [4.78, 5) is 13.5. The molecule has 1 rings (SSSR count). The molecule has 0 aromatic heterocycles. The van der Waals surface area contributed by atoms with Gasteiger partial charge in [-0.2, -0.15) is 13.2 Å². The number of hydrogen-bond acceptors (Lipinski definition) is 1. The molecule has 0 aliphatic heterocycles. The fourth-order valence-corrected chi connectivity index (χ4v) is 2.17. The number of carbonyl (C=O) groups is 1. The fraction of sp³-hybridized carbons (Fsp3) is 0.500. The second-order valence-corrected chi connectivity index (χ2v) is 5.35. The predicted molar refractivity (Wildman–Crippen MR) is 76.0 cm³/mol. The summed E-state index contributed by atoms with van der Waals surface area (Å²) in [6, 6.07) is 4.53. The van der Waals surface area contributed by atoms with Gasteiger partial charge in [0.05, 0.1) is 5.56 Å². The van der Waals surface area contributed by atoms with Gasteiger partial charge in [-0.1, -0.05) is 28.4 Å². The van der Waals surface area contributed by atoms with E-state index in [0.29, 0.717) is 6.54 Å². The van der Waals surface area contributed by atoms with Gasteiger partial charge in [-0.3, -0.25) is 4.79 Å². The number of rotatable bonds is 6. The maximum Gasteiger partial charge on any atom is 0.416 e. The summed E-state index contributed by atoms with van der Waals surface area (Å²) in [5.74, 6) is -0.380. The van der Waals surface area contributed by atoms with Crippen LogP contribution in [-0.4, -0.2) is 29.7 Å². The largest absolute Gasteiger partial charge is 0.416 e. The molecule has 1 aromatic carbocycles. The molecule has 0 fully saturated rings. The topological polar surface area (TPSA) is 20.3 Å². The average molecular weight is 352 g/mol. The smallest absolute Gasteiger partial charge is 0.342 e. The van der Waals surface area contributed by atoms with E-state index in [-0.39, 0.29) is 11.5 Å². The van der Waals surface area contributed by atoms with Gasteiger partial charge >= 0.3 is 6.18 Å². The van der Waals surface area contributed by atoms with Crippen LogP contribution in [0.15, 0.2) is 24.3 Å². The summed E-state index contributed by atoms with van der Waals surface area (Å²) in [5.41, 5.74) is -0.723. The Morgan fingerprint density at radius 1 is 1.25 bits per heavy atom. The summed E-state index contributed by atoms with van der Waals surface area (Å²) in [5, 5.41) is 0.915. The van der Waals surface area contributed by atoms with Crippen LogP contribution in [0.5, 0.6) is 0 Å². The highest BCUT2D eigenvalue weighted by molar-refractivity contribution is 9.09. The Hall–Kier alpha value is -1.04. The first-order valence-electron chi connectivity index (χ1n) is 6.35. The molecular weight excluding hydrogens is 335 g/mol. The maximum absolute atomic E-state index is 12.6. The summed E-state index contributed by atoms with van der Waals surface area (Å²) in [7, 11) is 1.61. The lowest BCUT2D eigenvalue weighted by Crippen LogP contribution is -2.28. The Labute approximate surface area is 125 Å². The number of alkyl halides is 4. The summed E-state index contributed by atoms with van der Waals surface area (Å²) in [6.07, 6.45) is -1.59. The lowest BCUT2D eigenvalue weighted by molar-refractivity contribution is -0.137. The van der Waals surface area contributed by atoms with Crippen molar-refractivity contribution in [2.45, 2.75) is 25.4 Å². The molecule has 0 N–H and O–H groups in total. The van der Waals surface area contributed by atoms with Crippen molar-refractivity contribution in [2.75, 3.05) is 18.9 Å². The van der Waals surface area contributed by atoms with Crippen LogP contribution in [0, 0.1) is 0 Å². The van der Waals surface area contributed by atoms with E-state index in [1.807, 2.05) is 0 Å². The minimum atomic E-state index is -4.43. The van der Waals surface area contributed by atoms with Crippen molar-refractivity contribution in [3.63, 3.8) is 0 Å². The van der Waals surface area contributed by atoms with Gasteiger partial charge < -0.3 is 4.90 Å². The molecule has 0 unspecified atom stereocenters. The van der Waals surface area contributed by atoms with Crippen LogP contribution in [0.25, 0.3) is 0 Å². The Kier molecular flexibility index (Phi) is 6.52. The molecule has 0 radical (unpaired) electrons. The maximum atomic E-state index is 12.6. The van der Waals surface area contributed by atoms with Crippen LogP contribution < -0.4 is 0 Å². The van der Waals surface area contributed by atoms with Crippen molar-refractivity contribution in [1.82, 2.24) is 4.90 Å². The number of amides is 1. The van der Waals surface area contributed by atoms with Crippen molar-refractivity contribution in [3.8, 4) is 0 Å². The van der Waals surface area contributed by atoms with Gasteiger partial charge in [0.15, 0.2) is 0 Å². The number of carbonyl (C=O) groups excluding carboxylic acids is 1. The highest BCUT2D eigenvalue weighted by Gasteiger charge is 2.31. The first-order chi connectivity index (χ1) is 9.36. The molecule has 0 heterocycles. The van der Waals surface area contributed by atoms with E-state index in [1.54, 1.807) is 7.05 Å². The zero-order chi connectivity index (χ0) is 15.2. The third-order valence-electron chi connectivity index (χ3n) is 2.91. The molecule has 2 nitrogen and oxygen atoms in total. The van der Waals surface area contributed by atoms with Crippen molar-refractivity contribution in [3.05, 3.63) is 35.4 Å². The van der Waals surface area contributed by atoms with Crippen LogP contribution in [-0.2, 0) is 6.18 Å². The molecular formula is C14H17BrF3NO. The lowest BCUT2D eigenvalue weighted by Gasteiger charge is -2.17. The Morgan fingerprint density at radius 2 is 1.95 bits per heavy atom. The molecule has 0 aliphatic carbocycles. The zero-order valence-corrected chi connectivity index (χ0v) is 12.8. The number of halogens is 4. The van der Waals surface area contributed by atoms with E-state index in [1.165, 1.54) is 17.0 Å². The lowest BCUT2D eigenvalue weighted by atomic mass is 10.1. The van der Waals surface area contributed by atoms with E-state index >= 15 is 0 Å². The number of benzene rings is 1. The van der Waals surface area contributed by atoms with Gasteiger partial charge in [-0.15, -0.1) is 0 Å². The average Bonchev–Trinajstić information content (AvgIpc) is 2.42. The van der Waals surface area contributed by atoms with Gasteiger partial charge in [0, 0.05) is 24.5 Å². The molecule has 0 spiro atoms. The van der Waals surface area contributed by atoms with E-state index in [0.717, 1.165) is 36.7 Å². The number of hydrogen-bond donors (Lipinski definition) is 0. The number of nitrogens with zero attached hydrogens (tertiary/aromatic N) is 1. The SMILES string of the molecule is CN(CCCCCBr)C(=O)c1cccc(C(F)(F)F)c1. The third kappa shape index (κ3) is 5.15. The highest BCUT2D eigenvalue weighted by Crippen LogP contribution is 2.29. The standard InChI is InChI=1S/C14H17BrF3NO/c1-19(9-4-2-3-8-15)13(20)11-6-5-7-12(10-11)14(16,17)18/h5-7,10H,2-4,8-9H2,1H3. The Morgan fingerprint density at radius 3 is 2.55 bits per heavy atom. The third-order valence-corrected chi connectivity index (χ3v) is 3.47. The molecule has 0 saturated carbocycles. The minimum absolute atomic E-state index is 0.0721. The van der Waals surface area contributed by atoms with Gasteiger partial charge in [0.2, 0.25) is 0 Å². The van der Waals surface area contributed by atoms with Gasteiger partial charge in [-0.05, 0) is 31.0 Å². The molecule has 1 aromatic rings. The monoisotopic (exact) mass is 351 g/mol. The molecule has 6 heteroatoms. The summed E-state index contributed by atoms with van der Waals surface area (Å²) < 4.78 is 37.8. The van der Waals surface area contributed by atoms with Gasteiger partial charge in [0.1, 0.15) is 0 Å². The normalized spacial score (nSPS) is 11.4. The molecule has 20 heavy (non-hydrogen) atoms. The van der Waals surface area contributed by atoms with E-state index in [9.17, 15) is 18.0 Å². The first-order valence-corrected chi connectivity index (χ1v) is 7.47. The predicted octanol–water partition coefficient (Wildman–Crippen LogP) is 4.34.